The van der Waals surface area contributed by atoms with Gasteiger partial charge in [0.05, 0.1) is 6.54 Å². The Morgan fingerprint density at radius 3 is 2.22 bits per heavy atom. The Morgan fingerprint density at radius 1 is 1.07 bits per heavy atom. The van der Waals surface area contributed by atoms with Gasteiger partial charge in [-0.25, -0.2) is 4.79 Å². The second-order valence-corrected chi connectivity index (χ2v) is 9.15. The first kappa shape index (κ1) is 18.5. The van der Waals surface area contributed by atoms with Crippen LogP contribution in [0.3, 0.4) is 0 Å². The number of nitrogens with one attached hydrogen (secondary N) is 2. The molecule has 146 valence electrons. The molecular weight excluding hydrogens is 338 g/mol. The quantitative estimate of drug-likeness (QED) is 0.719. The third kappa shape index (κ3) is 4.03. The molecule has 4 saturated carbocycles. The van der Waals surface area contributed by atoms with E-state index in [0.29, 0.717) is 5.41 Å². The van der Waals surface area contributed by atoms with Crippen molar-refractivity contribution in [3.05, 3.63) is 35.9 Å². The van der Waals surface area contributed by atoms with Crippen molar-refractivity contribution in [1.29, 1.82) is 0 Å². The lowest BCUT2D eigenvalue weighted by Gasteiger charge is -2.56. The van der Waals surface area contributed by atoms with Crippen molar-refractivity contribution in [3.8, 4) is 0 Å². The van der Waals surface area contributed by atoms with Gasteiger partial charge in [0.2, 0.25) is 0 Å². The fraction of sp³-hybridized carbons (Fsp3) is 0.636. The minimum absolute atomic E-state index is 0.244. The summed E-state index contributed by atoms with van der Waals surface area (Å²) in [5.41, 5.74) is 1.47. The van der Waals surface area contributed by atoms with E-state index in [2.05, 4.69) is 16.0 Å². The molecule has 4 bridgehead atoms. The van der Waals surface area contributed by atoms with E-state index in [1.165, 1.54) is 52.0 Å². The molecule has 4 aliphatic rings. The van der Waals surface area contributed by atoms with Crippen LogP contribution in [0.2, 0.25) is 0 Å². The molecular formula is C22H32N3O2+. The second kappa shape index (κ2) is 7.63. The highest BCUT2D eigenvalue weighted by molar-refractivity contribution is 5.96. The van der Waals surface area contributed by atoms with Crippen LogP contribution in [0.4, 0.5) is 4.79 Å². The number of urea groups is 1. The minimum Gasteiger partial charge on any atom is -0.341 e. The number of carbonyl (C=O) groups excluding carboxylic acids is 2. The summed E-state index contributed by atoms with van der Waals surface area (Å²) in [6, 6.07) is 8.95. The Morgan fingerprint density at radius 2 is 1.67 bits per heavy atom. The van der Waals surface area contributed by atoms with Crippen LogP contribution in [0.1, 0.15) is 56.6 Å². The molecule has 1 aromatic rings. The molecule has 5 rings (SSSR count). The summed E-state index contributed by atoms with van der Waals surface area (Å²) in [4.78, 5) is 24.3. The normalized spacial score (nSPS) is 32.1. The molecule has 0 saturated heterocycles. The number of hydrogen-bond donors (Lipinski definition) is 3. The number of quaternary nitrogens is 1. The molecule has 0 aromatic heterocycles. The maximum Gasteiger partial charge on any atom is 0.321 e. The Labute approximate surface area is 161 Å². The molecule has 3 amide bonds. The van der Waals surface area contributed by atoms with E-state index in [1.807, 2.05) is 30.3 Å². The average Bonchev–Trinajstić information content (AvgIpc) is 2.64. The van der Waals surface area contributed by atoms with Gasteiger partial charge >= 0.3 is 6.03 Å². The number of nitrogens with two attached hydrogens (primary N) is 1. The summed E-state index contributed by atoms with van der Waals surface area (Å²) in [7, 11) is 1.52. The molecule has 1 atom stereocenters. The molecule has 27 heavy (non-hydrogen) atoms. The summed E-state index contributed by atoms with van der Waals surface area (Å²) in [5, 5.41) is 7.05. The van der Waals surface area contributed by atoms with Gasteiger partial charge in [0.1, 0.15) is 0 Å². The van der Waals surface area contributed by atoms with Crippen LogP contribution in [-0.2, 0) is 4.79 Å². The van der Waals surface area contributed by atoms with Gasteiger partial charge in [-0.1, -0.05) is 30.3 Å². The number of hydrogen-bond acceptors (Lipinski definition) is 2. The van der Waals surface area contributed by atoms with E-state index < -0.39 is 6.03 Å². The Hall–Kier alpha value is -1.88. The summed E-state index contributed by atoms with van der Waals surface area (Å²) in [6.45, 7) is 0.937. The first-order valence-electron chi connectivity index (χ1n) is 10.5. The maximum absolute atomic E-state index is 12.7. The fourth-order valence-corrected chi connectivity index (χ4v) is 6.46. The van der Waals surface area contributed by atoms with Gasteiger partial charge < -0.3 is 10.6 Å². The molecule has 1 aromatic carbocycles. The van der Waals surface area contributed by atoms with E-state index in [4.69, 9.17) is 0 Å². The van der Waals surface area contributed by atoms with Gasteiger partial charge in [-0.3, -0.25) is 10.1 Å². The smallest absolute Gasteiger partial charge is 0.321 e. The first-order chi connectivity index (χ1) is 13.1. The molecule has 0 aliphatic heterocycles. The molecule has 0 spiro atoms. The van der Waals surface area contributed by atoms with Gasteiger partial charge in [-0.15, -0.1) is 0 Å². The van der Waals surface area contributed by atoms with Gasteiger partial charge in [0.15, 0.2) is 6.04 Å². The van der Waals surface area contributed by atoms with Crippen LogP contribution >= 0.6 is 0 Å². The SMILES string of the molecule is CNC(=O)NC(=O)[C@H]([NH2+]CCC12CC3CC(CC(C3)C1)C2)c1ccccc1. The number of benzene rings is 1. The highest BCUT2D eigenvalue weighted by atomic mass is 16.2. The van der Waals surface area contributed by atoms with E-state index >= 15 is 0 Å². The zero-order valence-electron chi connectivity index (χ0n) is 16.2. The van der Waals surface area contributed by atoms with Gasteiger partial charge in [-0.05, 0) is 61.7 Å². The third-order valence-corrected chi connectivity index (χ3v) is 7.15. The number of imide groups is 1. The number of amides is 3. The van der Waals surface area contributed by atoms with E-state index in [-0.39, 0.29) is 11.9 Å². The average molecular weight is 371 g/mol. The van der Waals surface area contributed by atoms with E-state index in [1.54, 1.807) is 0 Å². The van der Waals surface area contributed by atoms with Crippen molar-refractivity contribution in [2.24, 2.45) is 23.2 Å². The summed E-state index contributed by atoms with van der Waals surface area (Å²) < 4.78 is 0. The molecule has 4 fully saturated rings. The predicted molar refractivity (Wildman–Crippen MR) is 104 cm³/mol. The fourth-order valence-electron chi connectivity index (χ4n) is 6.46. The molecule has 0 unspecified atom stereocenters. The zero-order valence-corrected chi connectivity index (χ0v) is 16.2. The van der Waals surface area contributed by atoms with Crippen molar-refractivity contribution < 1.29 is 14.9 Å². The lowest BCUT2D eigenvalue weighted by molar-refractivity contribution is -0.684. The van der Waals surface area contributed by atoms with E-state index in [0.717, 1.165) is 29.9 Å². The Kier molecular flexibility index (Phi) is 5.22. The van der Waals surface area contributed by atoms with Crippen molar-refractivity contribution in [1.82, 2.24) is 10.6 Å². The van der Waals surface area contributed by atoms with Crippen LogP contribution in [0.25, 0.3) is 0 Å². The summed E-state index contributed by atoms with van der Waals surface area (Å²) in [5.74, 6) is 2.62. The topological polar surface area (TPSA) is 74.8 Å². The highest BCUT2D eigenvalue weighted by Crippen LogP contribution is 2.61. The van der Waals surface area contributed by atoms with Gasteiger partial charge in [0, 0.05) is 19.0 Å². The molecule has 5 heteroatoms. The lowest BCUT2D eigenvalue weighted by Crippen LogP contribution is -2.88. The number of rotatable bonds is 6. The molecule has 4 N–H and O–H groups in total. The Bertz CT molecular complexity index is 653. The van der Waals surface area contributed by atoms with Crippen molar-refractivity contribution in [2.75, 3.05) is 13.6 Å². The van der Waals surface area contributed by atoms with E-state index in [9.17, 15) is 9.59 Å². The van der Waals surface area contributed by atoms with Crippen molar-refractivity contribution in [2.45, 2.75) is 51.0 Å². The van der Waals surface area contributed by atoms with Crippen molar-refractivity contribution in [3.63, 3.8) is 0 Å². The van der Waals surface area contributed by atoms with Crippen LogP contribution in [0.5, 0.6) is 0 Å². The molecule has 0 heterocycles. The first-order valence-corrected chi connectivity index (χ1v) is 10.5. The largest absolute Gasteiger partial charge is 0.341 e. The standard InChI is InChI=1S/C22H31N3O2/c1-23-21(27)25-20(26)19(18-5-3-2-4-6-18)24-8-7-22-12-15-9-16(13-22)11-17(10-15)14-22/h2-6,15-17,19,24H,7-14H2,1H3,(H2,23,25,26,27)/p+1/t15?,16?,17?,19-,22?/m1/s1. The van der Waals surface area contributed by atoms with Crippen LogP contribution in [0, 0.1) is 23.2 Å². The van der Waals surface area contributed by atoms with Crippen molar-refractivity contribution >= 4 is 11.9 Å². The predicted octanol–water partition coefficient (Wildman–Crippen LogP) is 2.35. The molecule has 5 nitrogen and oxygen atoms in total. The molecule has 0 radical (unpaired) electrons. The lowest BCUT2D eigenvalue weighted by atomic mass is 9.49. The maximum atomic E-state index is 12.7. The monoisotopic (exact) mass is 370 g/mol. The van der Waals surface area contributed by atoms with Gasteiger partial charge in [-0.2, -0.15) is 0 Å². The van der Waals surface area contributed by atoms with Crippen LogP contribution in [-0.4, -0.2) is 25.5 Å². The second-order valence-electron chi connectivity index (χ2n) is 9.15. The number of carbonyl (C=O) groups is 2. The third-order valence-electron chi connectivity index (χ3n) is 7.15. The van der Waals surface area contributed by atoms with Crippen LogP contribution < -0.4 is 16.0 Å². The Balaban J connectivity index is 1.40. The minimum atomic E-state index is -0.449. The van der Waals surface area contributed by atoms with Crippen LogP contribution in [0.15, 0.2) is 30.3 Å². The molecule has 4 aliphatic carbocycles. The highest BCUT2D eigenvalue weighted by Gasteiger charge is 2.50. The zero-order chi connectivity index (χ0) is 18.9. The van der Waals surface area contributed by atoms with Gasteiger partial charge in [0.25, 0.3) is 5.91 Å². The summed E-state index contributed by atoms with van der Waals surface area (Å²) in [6.07, 6.45) is 9.76. The summed E-state index contributed by atoms with van der Waals surface area (Å²) >= 11 is 0.